The molecule has 1 atom stereocenters. The summed E-state index contributed by atoms with van der Waals surface area (Å²) in [6, 6.07) is 15.0. The highest BCUT2D eigenvalue weighted by atomic mass is 16.3. The van der Waals surface area contributed by atoms with E-state index >= 15 is 0 Å². The van der Waals surface area contributed by atoms with E-state index in [-0.39, 0.29) is 12.5 Å². The molecule has 0 heterocycles. The van der Waals surface area contributed by atoms with E-state index in [1.54, 1.807) is 12.1 Å². The minimum Gasteiger partial charge on any atom is -0.387 e. The Balaban J connectivity index is 1.92. The summed E-state index contributed by atoms with van der Waals surface area (Å²) in [5.41, 5.74) is 3.66. The number of nitrogens with one attached hydrogen (secondary N) is 1. The molecule has 0 saturated carbocycles. The Bertz CT molecular complexity index is 573. The number of aliphatic hydroxyl groups is 1. The number of carbonyl (C=O) groups is 1. The van der Waals surface area contributed by atoms with Gasteiger partial charge in [-0.05, 0) is 31.5 Å². The van der Waals surface area contributed by atoms with Crippen molar-refractivity contribution in [1.82, 2.24) is 5.32 Å². The average Bonchev–Trinajstić information content (AvgIpc) is 2.46. The predicted octanol–water partition coefficient (Wildman–Crippen LogP) is 2.77. The van der Waals surface area contributed by atoms with Gasteiger partial charge in [0.25, 0.3) is 5.91 Å². The van der Waals surface area contributed by atoms with Gasteiger partial charge in [-0.15, -0.1) is 0 Å². The Labute approximate surface area is 119 Å². The molecule has 3 heteroatoms. The lowest BCUT2D eigenvalue weighted by molar-refractivity contribution is 0.0916. The van der Waals surface area contributed by atoms with E-state index in [2.05, 4.69) is 5.32 Å². The highest BCUT2D eigenvalue weighted by Gasteiger charge is 2.10. The second-order valence-corrected chi connectivity index (χ2v) is 5.00. The number of rotatable bonds is 4. The quantitative estimate of drug-likeness (QED) is 0.896. The van der Waals surface area contributed by atoms with Crippen LogP contribution in [-0.4, -0.2) is 17.6 Å². The van der Waals surface area contributed by atoms with Gasteiger partial charge in [-0.2, -0.15) is 0 Å². The monoisotopic (exact) mass is 269 g/mol. The first kappa shape index (κ1) is 14.3. The summed E-state index contributed by atoms with van der Waals surface area (Å²) in [5.74, 6) is -0.170. The molecule has 0 bridgehead atoms. The first-order valence-electron chi connectivity index (χ1n) is 6.66. The van der Waals surface area contributed by atoms with Gasteiger partial charge in [-0.3, -0.25) is 4.79 Å². The Morgan fingerprint density at radius 3 is 2.05 bits per heavy atom. The zero-order chi connectivity index (χ0) is 14.5. The lowest BCUT2D eigenvalue weighted by Crippen LogP contribution is -2.28. The number of aryl methyl sites for hydroxylation is 2. The SMILES string of the molecule is Cc1ccc(C(=O)NC[C@H](O)c2ccc(C)cc2)cc1. The zero-order valence-corrected chi connectivity index (χ0v) is 11.8. The van der Waals surface area contributed by atoms with Crippen molar-refractivity contribution in [3.8, 4) is 0 Å². The molecule has 0 radical (unpaired) electrons. The van der Waals surface area contributed by atoms with Gasteiger partial charge in [0.1, 0.15) is 0 Å². The van der Waals surface area contributed by atoms with Gasteiger partial charge in [-0.25, -0.2) is 0 Å². The normalized spacial score (nSPS) is 11.9. The molecule has 2 rings (SSSR count). The van der Waals surface area contributed by atoms with Crippen LogP contribution in [0.3, 0.4) is 0 Å². The van der Waals surface area contributed by atoms with Crippen molar-refractivity contribution in [2.75, 3.05) is 6.54 Å². The molecule has 0 aromatic heterocycles. The third-order valence-corrected chi connectivity index (χ3v) is 3.23. The van der Waals surface area contributed by atoms with Crippen LogP contribution in [0.25, 0.3) is 0 Å². The van der Waals surface area contributed by atoms with Crippen LogP contribution in [0, 0.1) is 13.8 Å². The number of hydrogen-bond donors (Lipinski definition) is 2. The van der Waals surface area contributed by atoms with E-state index in [1.165, 1.54) is 0 Å². The largest absolute Gasteiger partial charge is 0.387 e. The molecular formula is C17H19NO2. The van der Waals surface area contributed by atoms with E-state index in [0.717, 1.165) is 16.7 Å². The minimum atomic E-state index is -0.690. The van der Waals surface area contributed by atoms with E-state index in [0.29, 0.717) is 5.56 Å². The maximum atomic E-state index is 11.9. The number of carbonyl (C=O) groups excluding carboxylic acids is 1. The van der Waals surface area contributed by atoms with Gasteiger partial charge in [0, 0.05) is 12.1 Å². The van der Waals surface area contributed by atoms with E-state index in [1.807, 2.05) is 50.2 Å². The fourth-order valence-corrected chi connectivity index (χ4v) is 1.90. The van der Waals surface area contributed by atoms with Crippen molar-refractivity contribution >= 4 is 5.91 Å². The lowest BCUT2D eigenvalue weighted by Gasteiger charge is -2.12. The van der Waals surface area contributed by atoms with Crippen LogP contribution in [0.1, 0.15) is 33.2 Å². The highest BCUT2D eigenvalue weighted by Crippen LogP contribution is 2.13. The van der Waals surface area contributed by atoms with Crippen LogP contribution in [0.5, 0.6) is 0 Å². The first-order valence-corrected chi connectivity index (χ1v) is 6.66. The molecule has 0 unspecified atom stereocenters. The second-order valence-electron chi connectivity index (χ2n) is 5.00. The summed E-state index contributed by atoms with van der Waals surface area (Å²) < 4.78 is 0. The van der Waals surface area contributed by atoms with Gasteiger partial charge >= 0.3 is 0 Å². The van der Waals surface area contributed by atoms with Crippen molar-refractivity contribution in [3.05, 3.63) is 70.8 Å². The number of amides is 1. The number of benzene rings is 2. The fraction of sp³-hybridized carbons (Fsp3) is 0.235. The summed E-state index contributed by atoms with van der Waals surface area (Å²) in [6.07, 6.45) is -0.690. The van der Waals surface area contributed by atoms with E-state index in [4.69, 9.17) is 0 Å². The predicted molar refractivity (Wildman–Crippen MR) is 79.7 cm³/mol. The van der Waals surface area contributed by atoms with Gasteiger partial charge in [0.15, 0.2) is 0 Å². The molecule has 2 aromatic carbocycles. The Morgan fingerprint density at radius 2 is 1.50 bits per heavy atom. The van der Waals surface area contributed by atoms with E-state index in [9.17, 15) is 9.90 Å². The van der Waals surface area contributed by atoms with Crippen LogP contribution in [0.2, 0.25) is 0 Å². The van der Waals surface area contributed by atoms with Crippen molar-refractivity contribution in [2.45, 2.75) is 20.0 Å². The van der Waals surface area contributed by atoms with Crippen LogP contribution in [-0.2, 0) is 0 Å². The molecule has 3 nitrogen and oxygen atoms in total. The summed E-state index contributed by atoms with van der Waals surface area (Å²) in [6.45, 7) is 4.17. The molecular weight excluding hydrogens is 250 g/mol. The van der Waals surface area contributed by atoms with Crippen molar-refractivity contribution in [2.24, 2.45) is 0 Å². The topological polar surface area (TPSA) is 49.3 Å². The van der Waals surface area contributed by atoms with Crippen molar-refractivity contribution in [1.29, 1.82) is 0 Å². The van der Waals surface area contributed by atoms with Crippen LogP contribution >= 0.6 is 0 Å². The summed E-state index contributed by atoms with van der Waals surface area (Å²) in [4.78, 5) is 11.9. The van der Waals surface area contributed by atoms with Gasteiger partial charge < -0.3 is 10.4 Å². The van der Waals surface area contributed by atoms with Gasteiger partial charge in [0.2, 0.25) is 0 Å². The molecule has 0 aliphatic carbocycles. The molecule has 2 aromatic rings. The molecule has 20 heavy (non-hydrogen) atoms. The summed E-state index contributed by atoms with van der Waals surface area (Å²) in [5, 5.41) is 12.8. The average molecular weight is 269 g/mol. The maximum Gasteiger partial charge on any atom is 0.251 e. The van der Waals surface area contributed by atoms with Crippen molar-refractivity contribution in [3.63, 3.8) is 0 Å². The zero-order valence-electron chi connectivity index (χ0n) is 11.8. The Morgan fingerprint density at radius 1 is 1.00 bits per heavy atom. The molecule has 2 N–H and O–H groups in total. The smallest absolute Gasteiger partial charge is 0.251 e. The van der Waals surface area contributed by atoms with Crippen LogP contribution in [0.4, 0.5) is 0 Å². The van der Waals surface area contributed by atoms with Crippen molar-refractivity contribution < 1.29 is 9.90 Å². The standard InChI is InChI=1S/C17H19NO2/c1-12-3-7-14(8-4-12)16(19)11-18-17(20)15-9-5-13(2)6-10-15/h3-10,16,19H,11H2,1-2H3,(H,18,20)/t16-/m0/s1. The molecule has 104 valence electrons. The third kappa shape index (κ3) is 3.68. The van der Waals surface area contributed by atoms with Gasteiger partial charge in [0.05, 0.1) is 6.10 Å². The minimum absolute atomic E-state index is 0.170. The number of hydrogen-bond acceptors (Lipinski definition) is 2. The lowest BCUT2D eigenvalue weighted by atomic mass is 10.1. The molecule has 0 aliphatic rings. The molecule has 0 saturated heterocycles. The second kappa shape index (κ2) is 6.35. The molecule has 0 aliphatic heterocycles. The fourth-order valence-electron chi connectivity index (χ4n) is 1.90. The molecule has 0 fully saturated rings. The Kier molecular flexibility index (Phi) is 4.53. The van der Waals surface area contributed by atoms with E-state index < -0.39 is 6.10 Å². The van der Waals surface area contributed by atoms with Gasteiger partial charge in [-0.1, -0.05) is 47.5 Å². The summed E-state index contributed by atoms with van der Waals surface area (Å²) in [7, 11) is 0. The summed E-state index contributed by atoms with van der Waals surface area (Å²) >= 11 is 0. The third-order valence-electron chi connectivity index (χ3n) is 3.23. The van der Waals surface area contributed by atoms with Crippen LogP contribution < -0.4 is 5.32 Å². The van der Waals surface area contributed by atoms with Crippen LogP contribution in [0.15, 0.2) is 48.5 Å². The highest BCUT2D eigenvalue weighted by molar-refractivity contribution is 5.94. The Hall–Kier alpha value is -2.13. The molecule has 0 spiro atoms. The first-order chi connectivity index (χ1) is 9.56. The maximum absolute atomic E-state index is 11.9. The number of aliphatic hydroxyl groups excluding tert-OH is 1. The molecule has 1 amide bonds.